The first-order valence-electron chi connectivity index (χ1n) is 11.9. The average Bonchev–Trinajstić information content (AvgIpc) is 2.88. The van der Waals surface area contributed by atoms with Crippen LogP contribution in [0.5, 0.6) is 5.75 Å². The highest BCUT2D eigenvalue weighted by atomic mass is 32.2. The summed E-state index contributed by atoms with van der Waals surface area (Å²) in [6.45, 7) is 3.78. The van der Waals surface area contributed by atoms with Gasteiger partial charge in [-0.3, -0.25) is 9.52 Å². The molecule has 4 rings (SSSR count). The fraction of sp³-hybridized carbons (Fsp3) is 0.269. The summed E-state index contributed by atoms with van der Waals surface area (Å²) in [4.78, 5) is 14.6. The average molecular weight is 559 g/mol. The highest BCUT2D eigenvalue weighted by molar-refractivity contribution is 7.92. The van der Waals surface area contributed by atoms with Gasteiger partial charge in [0.1, 0.15) is 5.75 Å². The van der Waals surface area contributed by atoms with E-state index in [1.807, 2.05) is 20.0 Å². The molecule has 0 spiro atoms. The van der Waals surface area contributed by atoms with Crippen LogP contribution < -0.4 is 14.8 Å². The monoisotopic (exact) mass is 558 g/mol. The summed E-state index contributed by atoms with van der Waals surface area (Å²) in [5, 5.41) is 2.66. The zero-order valence-corrected chi connectivity index (χ0v) is 22.8. The number of nitrogens with zero attached hydrogens (tertiary/aromatic N) is 2. The number of nitrogens with one attached hydrogen (secondary N) is 2. The summed E-state index contributed by atoms with van der Waals surface area (Å²) in [6, 6.07) is 18.7. The molecule has 10 nitrogen and oxygen atoms in total. The number of amides is 1. The van der Waals surface area contributed by atoms with Crippen LogP contribution in [0.25, 0.3) is 0 Å². The molecule has 3 aromatic rings. The zero-order valence-electron chi connectivity index (χ0n) is 21.1. The van der Waals surface area contributed by atoms with Crippen molar-refractivity contribution in [1.82, 2.24) is 9.21 Å². The van der Waals surface area contributed by atoms with Crippen LogP contribution in [-0.2, 0) is 24.8 Å². The number of benzene rings is 3. The van der Waals surface area contributed by atoms with Crippen LogP contribution in [0.1, 0.15) is 5.56 Å². The van der Waals surface area contributed by atoms with E-state index in [2.05, 4.69) is 14.9 Å². The van der Waals surface area contributed by atoms with E-state index in [0.29, 0.717) is 43.3 Å². The van der Waals surface area contributed by atoms with Crippen LogP contribution in [-0.4, -0.2) is 71.8 Å². The molecule has 3 aromatic carbocycles. The maximum atomic E-state index is 12.8. The second-order valence-electron chi connectivity index (χ2n) is 9.01. The lowest BCUT2D eigenvalue weighted by Gasteiger charge is -2.31. The summed E-state index contributed by atoms with van der Waals surface area (Å²) in [5.74, 6) is -0.124. The Morgan fingerprint density at radius 2 is 1.47 bits per heavy atom. The van der Waals surface area contributed by atoms with Crippen LogP contribution in [0, 0.1) is 6.92 Å². The minimum Gasteiger partial charge on any atom is -0.484 e. The molecule has 1 aliphatic rings. The smallest absolute Gasteiger partial charge is 0.262 e. The molecule has 1 fully saturated rings. The maximum absolute atomic E-state index is 12.8. The standard InChI is InChI=1S/C26H30N4O6S2/c1-20-4-3-5-22(18-20)28-37(32,33)24-12-8-23(9-13-24)36-19-26(31)27-21-6-10-25(11-7-21)38(34,35)30-16-14-29(2)15-17-30/h3-13,18,28H,14-17,19H2,1-2H3,(H,27,31). The van der Waals surface area contributed by atoms with Crippen LogP contribution >= 0.6 is 0 Å². The number of piperazine rings is 1. The van der Waals surface area contributed by atoms with Crippen LogP contribution in [0.3, 0.4) is 0 Å². The van der Waals surface area contributed by atoms with E-state index in [4.69, 9.17) is 4.74 Å². The molecule has 38 heavy (non-hydrogen) atoms. The van der Waals surface area contributed by atoms with Crippen molar-refractivity contribution in [1.29, 1.82) is 0 Å². The predicted octanol–water partition coefficient (Wildman–Crippen LogP) is 2.75. The fourth-order valence-corrected chi connectivity index (χ4v) is 6.34. The Bertz CT molecular complexity index is 1480. The first-order chi connectivity index (χ1) is 18.0. The van der Waals surface area contributed by atoms with Gasteiger partial charge >= 0.3 is 0 Å². The number of rotatable bonds is 9. The Morgan fingerprint density at radius 1 is 0.842 bits per heavy atom. The third-order valence-electron chi connectivity index (χ3n) is 6.01. The first-order valence-corrected chi connectivity index (χ1v) is 14.9. The Balaban J connectivity index is 1.29. The van der Waals surface area contributed by atoms with E-state index in [1.54, 1.807) is 18.2 Å². The number of sulfonamides is 2. The third-order valence-corrected chi connectivity index (χ3v) is 9.32. The molecular weight excluding hydrogens is 528 g/mol. The molecule has 1 heterocycles. The Morgan fingerprint density at radius 3 is 2.11 bits per heavy atom. The number of aryl methyl sites for hydroxylation is 1. The van der Waals surface area contributed by atoms with Gasteiger partial charge in [-0.2, -0.15) is 4.31 Å². The largest absolute Gasteiger partial charge is 0.484 e. The van der Waals surface area contributed by atoms with E-state index < -0.39 is 26.0 Å². The minimum absolute atomic E-state index is 0.0578. The molecule has 1 amide bonds. The minimum atomic E-state index is -3.78. The number of hydrogen-bond acceptors (Lipinski definition) is 7. The lowest BCUT2D eigenvalue weighted by Crippen LogP contribution is -2.46. The molecule has 0 aliphatic carbocycles. The Labute approximate surface area is 223 Å². The predicted molar refractivity (Wildman–Crippen MR) is 145 cm³/mol. The quantitative estimate of drug-likeness (QED) is 0.414. The summed E-state index contributed by atoms with van der Waals surface area (Å²) in [5.41, 5.74) is 1.82. The summed E-state index contributed by atoms with van der Waals surface area (Å²) in [7, 11) is -5.41. The SMILES string of the molecule is Cc1cccc(NS(=O)(=O)c2ccc(OCC(=O)Nc3ccc(S(=O)(=O)N4CCN(C)CC4)cc3)cc2)c1. The number of carbonyl (C=O) groups excluding carboxylic acids is 1. The van der Waals surface area contributed by atoms with Crippen molar-refractivity contribution in [2.24, 2.45) is 0 Å². The molecule has 0 saturated carbocycles. The van der Waals surface area contributed by atoms with Gasteiger partial charge in [0.15, 0.2) is 6.61 Å². The Kier molecular flexibility index (Phi) is 8.36. The highest BCUT2D eigenvalue weighted by Gasteiger charge is 2.27. The summed E-state index contributed by atoms with van der Waals surface area (Å²) >= 11 is 0. The zero-order chi connectivity index (χ0) is 27.3. The molecule has 0 atom stereocenters. The number of hydrogen-bond donors (Lipinski definition) is 2. The molecule has 0 aromatic heterocycles. The second-order valence-corrected chi connectivity index (χ2v) is 12.6. The molecule has 1 saturated heterocycles. The number of anilines is 2. The van der Waals surface area contributed by atoms with Gasteiger partial charge in [0.2, 0.25) is 10.0 Å². The first kappa shape index (κ1) is 27.6. The van der Waals surface area contributed by atoms with Gasteiger partial charge in [-0.05, 0) is 80.2 Å². The van der Waals surface area contributed by atoms with E-state index in [-0.39, 0.29) is 16.4 Å². The van der Waals surface area contributed by atoms with Crippen LogP contribution in [0.2, 0.25) is 0 Å². The molecule has 0 unspecified atom stereocenters. The van der Waals surface area contributed by atoms with E-state index >= 15 is 0 Å². The van der Waals surface area contributed by atoms with Gasteiger partial charge in [0.05, 0.1) is 9.79 Å². The maximum Gasteiger partial charge on any atom is 0.262 e. The lowest BCUT2D eigenvalue weighted by molar-refractivity contribution is -0.118. The molecule has 2 N–H and O–H groups in total. The highest BCUT2D eigenvalue weighted by Crippen LogP contribution is 2.21. The van der Waals surface area contributed by atoms with Crippen molar-refractivity contribution >= 4 is 37.3 Å². The van der Waals surface area contributed by atoms with Gasteiger partial charge in [-0.1, -0.05) is 12.1 Å². The molecule has 202 valence electrons. The van der Waals surface area contributed by atoms with Crippen molar-refractivity contribution in [2.45, 2.75) is 16.7 Å². The lowest BCUT2D eigenvalue weighted by atomic mass is 10.2. The second kappa shape index (κ2) is 11.5. The molecular formula is C26H30N4O6S2. The third kappa shape index (κ3) is 6.90. The molecule has 0 radical (unpaired) electrons. The van der Waals surface area contributed by atoms with Crippen molar-refractivity contribution in [3.63, 3.8) is 0 Å². The summed E-state index contributed by atoms with van der Waals surface area (Å²) in [6.07, 6.45) is 0. The van der Waals surface area contributed by atoms with Gasteiger partial charge < -0.3 is 15.0 Å². The molecule has 1 aliphatic heterocycles. The molecule has 12 heteroatoms. The fourth-order valence-electron chi connectivity index (χ4n) is 3.87. The number of likely N-dealkylation sites (N-methyl/N-ethyl adjacent to an activating group) is 1. The van der Waals surface area contributed by atoms with Gasteiger partial charge in [0.25, 0.3) is 15.9 Å². The van der Waals surface area contributed by atoms with Crippen molar-refractivity contribution in [3.8, 4) is 5.75 Å². The van der Waals surface area contributed by atoms with E-state index in [1.165, 1.54) is 52.8 Å². The van der Waals surface area contributed by atoms with Gasteiger partial charge in [-0.15, -0.1) is 0 Å². The van der Waals surface area contributed by atoms with Crippen molar-refractivity contribution in [3.05, 3.63) is 78.4 Å². The van der Waals surface area contributed by atoms with Gasteiger partial charge in [-0.25, -0.2) is 16.8 Å². The number of ether oxygens (including phenoxy) is 1. The van der Waals surface area contributed by atoms with E-state index in [0.717, 1.165) is 5.56 Å². The normalized spacial score (nSPS) is 15.1. The van der Waals surface area contributed by atoms with Crippen LogP contribution in [0.15, 0.2) is 82.6 Å². The summed E-state index contributed by atoms with van der Waals surface area (Å²) < 4.78 is 60.4. The molecule has 0 bridgehead atoms. The Hall–Kier alpha value is -3.45. The van der Waals surface area contributed by atoms with Crippen molar-refractivity contribution in [2.75, 3.05) is 49.9 Å². The van der Waals surface area contributed by atoms with Crippen LogP contribution in [0.4, 0.5) is 11.4 Å². The van der Waals surface area contributed by atoms with Crippen molar-refractivity contribution < 1.29 is 26.4 Å². The van der Waals surface area contributed by atoms with Gasteiger partial charge in [0, 0.05) is 37.6 Å². The topological polar surface area (TPSA) is 125 Å². The van der Waals surface area contributed by atoms with E-state index in [9.17, 15) is 21.6 Å². The number of carbonyl (C=O) groups is 1.